The maximum absolute atomic E-state index is 13.0. The van der Waals surface area contributed by atoms with E-state index in [0.29, 0.717) is 18.9 Å². The number of piperidine rings is 1. The van der Waals surface area contributed by atoms with Gasteiger partial charge < -0.3 is 19.3 Å². The van der Waals surface area contributed by atoms with Crippen LogP contribution in [-0.2, 0) is 9.53 Å². The minimum atomic E-state index is -0.296. The SMILES string of the molecule is Cc1ccnc(N2CCC(N3CC(COc4ccc(F)cc4)OCC3=O)CC2)c1. The van der Waals surface area contributed by atoms with Gasteiger partial charge >= 0.3 is 0 Å². The Bertz CT molecular complexity index is 837. The lowest BCUT2D eigenvalue weighted by atomic mass is 10.0. The number of aromatic nitrogens is 1. The Hall–Kier alpha value is -2.67. The van der Waals surface area contributed by atoms with E-state index in [1.807, 2.05) is 17.2 Å². The topological polar surface area (TPSA) is 54.9 Å². The maximum Gasteiger partial charge on any atom is 0.248 e. The Labute approximate surface area is 170 Å². The number of rotatable bonds is 5. The summed E-state index contributed by atoms with van der Waals surface area (Å²) >= 11 is 0. The quantitative estimate of drug-likeness (QED) is 0.774. The predicted octanol–water partition coefficient (Wildman–Crippen LogP) is 2.80. The lowest BCUT2D eigenvalue weighted by molar-refractivity contribution is -0.154. The van der Waals surface area contributed by atoms with Crippen LogP contribution in [0.15, 0.2) is 42.6 Å². The molecule has 1 aromatic carbocycles. The molecule has 2 aliphatic heterocycles. The van der Waals surface area contributed by atoms with Crippen LogP contribution in [0, 0.1) is 12.7 Å². The van der Waals surface area contributed by atoms with Crippen molar-refractivity contribution in [2.45, 2.75) is 31.9 Å². The molecule has 0 bridgehead atoms. The summed E-state index contributed by atoms with van der Waals surface area (Å²) in [6.07, 6.45) is 3.47. The number of carbonyl (C=O) groups excluding carboxylic acids is 1. The molecular weight excluding hydrogens is 373 g/mol. The molecule has 2 aromatic rings. The molecule has 1 atom stereocenters. The van der Waals surface area contributed by atoms with E-state index in [1.165, 1.54) is 17.7 Å². The van der Waals surface area contributed by atoms with Gasteiger partial charge in [-0.05, 0) is 61.7 Å². The van der Waals surface area contributed by atoms with E-state index in [2.05, 4.69) is 22.9 Å². The van der Waals surface area contributed by atoms with E-state index >= 15 is 0 Å². The van der Waals surface area contributed by atoms with Gasteiger partial charge in [0.2, 0.25) is 5.91 Å². The van der Waals surface area contributed by atoms with E-state index in [1.54, 1.807) is 12.1 Å². The van der Waals surface area contributed by atoms with Crippen LogP contribution in [-0.4, -0.2) is 60.8 Å². The molecule has 3 heterocycles. The van der Waals surface area contributed by atoms with Gasteiger partial charge in [0, 0.05) is 25.3 Å². The average Bonchev–Trinajstić information content (AvgIpc) is 2.74. The number of carbonyl (C=O) groups is 1. The third-order valence-corrected chi connectivity index (χ3v) is 5.54. The largest absolute Gasteiger partial charge is 0.491 e. The van der Waals surface area contributed by atoms with E-state index in [-0.39, 0.29) is 30.5 Å². The Balaban J connectivity index is 1.31. The monoisotopic (exact) mass is 399 g/mol. The number of nitrogens with zero attached hydrogens (tertiary/aromatic N) is 3. The zero-order chi connectivity index (χ0) is 20.2. The Morgan fingerprint density at radius 3 is 2.69 bits per heavy atom. The Morgan fingerprint density at radius 1 is 1.21 bits per heavy atom. The minimum absolute atomic E-state index is 0.0372. The summed E-state index contributed by atoms with van der Waals surface area (Å²) in [5.74, 6) is 1.34. The van der Waals surface area contributed by atoms with Crippen molar-refractivity contribution in [1.29, 1.82) is 0 Å². The van der Waals surface area contributed by atoms with Crippen LogP contribution >= 0.6 is 0 Å². The summed E-state index contributed by atoms with van der Waals surface area (Å²) < 4.78 is 24.4. The van der Waals surface area contributed by atoms with E-state index in [0.717, 1.165) is 31.7 Å². The number of hydrogen-bond donors (Lipinski definition) is 0. The maximum atomic E-state index is 13.0. The molecule has 0 aliphatic carbocycles. The highest BCUT2D eigenvalue weighted by atomic mass is 19.1. The van der Waals surface area contributed by atoms with Crippen LogP contribution in [0.5, 0.6) is 5.75 Å². The number of ether oxygens (including phenoxy) is 2. The van der Waals surface area contributed by atoms with Crippen LogP contribution < -0.4 is 9.64 Å². The van der Waals surface area contributed by atoms with E-state index in [4.69, 9.17) is 9.47 Å². The number of aryl methyl sites for hydroxylation is 1. The standard InChI is InChI=1S/C22H26FN3O3/c1-16-6-9-24-21(12-16)25-10-7-18(8-11-25)26-13-20(29-15-22(26)27)14-28-19-4-2-17(23)3-5-19/h2-6,9,12,18,20H,7-8,10-11,13-15H2,1H3. The third-order valence-electron chi connectivity index (χ3n) is 5.54. The van der Waals surface area contributed by atoms with Crippen LogP contribution in [0.4, 0.5) is 10.2 Å². The number of halogens is 1. The lowest BCUT2D eigenvalue weighted by Gasteiger charge is -2.42. The average molecular weight is 399 g/mol. The first kappa shape index (κ1) is 19.6. The highest BCUT2D eigenvalue weighted by Gasteiger charge is 2.34. The van der Waals surface area contributed by atoms with Gasteiger partial charge in [-0.1, -0.05) is 0 Å². The molecule has 4 rings (SSSR count). The highest BCUT2D eigenvalue weighted by molar-refractivity contribution is 5.78. The van der Waals surface area contributed by atoms with Gasteiger partial charge in [-0.3, -0.25) is 4.79 Å². The molecule has 6 nitrogen and oxygen atoms in total. The molecule has 2 fully saturated rings. The van der Waals surface area contributed by atoms with Crippen molar-refractivity contribution in [3.05, 3.63) is 54.0 Å². The summed E-state index contributed by atoms with van der Waals surface area (Å²) in [5, 5.41) is 0. The first-order chi connectivity index (χ1) is 14.1. The molecule has 0 radical (unpaired) electrons. The fourth-order valence-corrected chi connectivity index (χ4v) is 3.92. The van der Waals surface area contributed by atoms with Crippen molar-refractivity contribution in [3.8, 4) is 5.75 Å². The van der Waals surface area contributed by atoms with Gasteiger partial charge in [-0.2, -0.15) is 0 Å². The second-order valence-electron chi connectivity index (χ2n) is 7.65. The van der Waals surface area contributed by atoms with Crippen molar-refractivity contribution in [2.75, 3.05) is 37.7 Å². The van der Waals surface area contributed by atoms with Gasteiger partial charge in [-0.25, -0.2) is 9.37 Å². The molecule has 29 heavy (non-hydrogen) atoms. The van der Waals surface area contributed by atoms with Gasteiger partial charge in [0.15, 0.2) is 0 Å². The Kier molecular flexibility index (Phi) is 5.94. The zero-order valence-electron chi connectivity index (χ0n) is 16.6. The summed E-state index contributed by atoms with van der Waals surface area (Å²) in [6, 6.07) is 10.2. The van der Waals surface area contributed by atoms with Crippen molar-refractivity contribution >= 4 is 11.7 Å². The molecule has 1 unspecified atom stereocenters. The lowest BCUT2D eigenvalue weighted by Crippen LogP contribution is -2.55. The summed E-state index contributed by atoms with van der Waals surface area (Å²) in [4.78, 5) is 21.1. The summed E-state index contributed by atoms with van der Waals surface area (Å²) in [7, 11) is 0. The Morgan fingerprint density at radius 2 is 1.97 bits per heavy atom. The van der Waals surface area contributed by atoms with Crippen molar-refractivity contribution in [2.24, 2.45) is 0 Å². The van der Waals surface area contributed by atoms with Gasteiger partial charge in [0.1, 0.15) is 36.7 Å². The smallest absolute Gasteiger partial charge is 0.248 e. The molecule has 2 aliphatic rings. The molecule has 0 spiro atoms. The molecule has 7 heteroatoms. The van der Waals surface area contributed by atoms with Gasteiger partial charge in [-0.15, -0.1) is 0 Å². The normalized spacial score (nSPS) is 20.8. The van der Waals surface area contributed by atoms with Crippen LogP contribution in [0.25, 0.3) is 0 Å². The zero-order valence-corrected chi connectivity index (χ0v) is 16.6. The molecule has 154 valence electrons. The highest BCUT2D eigenvalue weighted by Crippen LogP contribution is 2.24. The first-order valence-electron chi connectivity index (χ1n) is 10.1. The molecule has 2 saturated heterocycles. The van der Waals surface area contributed by atoms with Crippen LogP contribution in [0.1, 0.15) is 18.4 Å². The van der Waals surface area contributed by atoms with Gasteiger partial charge in [0.05, 0.1) is 6.54 Å². The van der Waals surface area contributed by atoms with Gasteiger partial charge in [0.25, 0.3) is 0 Å². The number of anilines is 1. The molecule has 0 saturated carbocycles. The minimum Gasteiger partial charge on any atom is -0.491 e. The van der Waals surface area contributed by atoms with E-state index < -0.39 is 0 Å². The molecule has 0 N–H and O–H groups in total. The number of pyridine rings is 1. The predicted molar refractivity (Wildman–Crippen MR) is 108 cm³/mol. The van der Waals surface area contributed by atoms with Crippen molar-refractivity contribution < 1.29 is 18.7 Å². The fraction of sp³-hybridized carbons (Fsp3) is 0.455. The summed E-state index contributed by atoms with van der Waals surface area (Å²) in [6.45, 7) is 4.76. The van der Waals surface area contributed by atoms with Crippen LogP contribution in [0.2, 0.25) is 0 Å². The van der Waals surface area contributed by atoms with Crippen molar-refractivity contribution in [3.63, 3.8) is 0 Å². The van der Waals surface area contributed by atoms with Crippen LogP contribution in [0.3, 0.4) is 0 Å². The molecular formula is C22H26FN3O3. The number of hydrogen-bond acceptors (Lipinski definition) is 5. The third kappa shape index (κ3) is 4.85. The van der Waals surface area contributed by atoms with E-state index in [9.17, 15) is 9.18 Å². The molecule has 1 aromatic heterocycles. The van der Waals surface area contributed by atoms with Crippen molar-refractivity contribution in [1.82, 2.24) is 9.88 Å². The summed E-state index contributed by atoms with van der Waals surface area (Å²) in [5.41, 5.74) is 1.20. The number of amides is 1. The number of benzene rings is 1. The second kappa shape index (κ2) is 8.78. The molecule has 1 amide bonds. The second-order valence-corrected chi connectivity index (χ2v) is 7.65. The first-order valence-corrected chi connectivity index (χ1v) is 10.1. The fourth-order valence-electron chi connectivity index (χ4n) is 3.92. The number of morpholine rings is 1.